The van der Waals surface area contributed by atoms with Gasteiger partial charge in [-0.1, -0.05) is 6.07 Å². The van der Waals surface area contributed by atoms with E-state index in [0.717, 1.165) is 0 Å². The molecule has 0 aliphatic carbocycles. The van der Waals surface area contributed by atoms with Gasteiger partial charge in [0.25, 0.3) is 5.91 Å². The van der Waals surface area contributed by atoms with E-state index in [-0.39, 0.29) is 24.5 Å². The standard InChI is InChI=1S/C20H30N4O4/c1-4-23(5-2)19(26)16-8-7-9-17(14-16)21-18(25)15-22-10-12-24(13-11-22)20(27)28-6-3/h7-9,14H,4-6,10-13,15H2,1-3H3,(H,21,25). The molecule has 8 heteroatoms. The van der Waals surface area contributed by atoms with E-state index >= 15 is 0 Å². The van der Waals surface area contributed by atoms with E-state index in [2.05, 4.69) is 5.32 Å². The maximum absolute atomic E-state index is 12.5. The van der Waals surface area contributed by atoms with Crippen molar-refractivity contribution in [2.24, 2.45) is 0 Å². The molecule has 1 heterocycles. The second-order valence-corrected chi connectivity index (χ2v) is 6.57. The topological polar surface area (TPSA) is 82.2 Å². The summed E-state index contributed by atoms with van der Waals surface area (Å²) < 4.78 is 5.00. The molecule has 1 fully saturated rings. The highest BCUT2D eigenvalue weighted by Gasteiger charge is 2.23. The minimum absolute atomic E-state index is 0.0452. The van der Waals surface area contributed by atoms with Crippen molar-refractivity contribution in [1.29, 1.82) is 0 Å². The van der Waals surface area contributed by atoms with E-state index in [1.54, 1.807) is 41.0 Å². The summed E-state index contributed by atoms with van der Waals surface area (Å²) >= 11 is 0. The van der Waals surface area contributed by atoms with Gasteiger partial charge in [-0.3, -0.25) is 14.5 Å². The zero-order valence-corrected chi connectivity index (χ0v) is 16.9. The predicted molar refractivity (Wildman–Crippen MR) is 107 cm³/mol. The highest BCUT2D eigenvalue weighted by molar-refractivity contribution is 5.97. The third kappa shape index (κ3) is 5.95. The summed E-state index contributed by atoms with van der Waals surface area (Å²) in [6.07, 6.45) is -0.304. The summed E-state index contributed by atoms with van der Waals surface area (Å²) in [5.74, 6) is -0.187. The van der Waals surface area contributed by atoms with Crippen molar-refractivity contribution >= 4 is 23.6 Å². The molecule has 28 heavy (non-hydrogen) atoms. The van der Waals surface area contributed by atoms with Gasteiger partial charge in [-0.15, -0.1) is 0 Å². The van der Waals surface area contributed by atoms with Crippen LogP contribution in [0.4, 0.5) is 10.5 Å². The summed E-state index contributed by atoms with van der Waals surface area (Å²) in [4.78, 5) is 41.9. The molecule has 1 aromatic carbocycles. The Morgan fingerprint density at radius 1 is 1.07 bits per heavy atom. The summed E-state index contributed by atoms with van der Waals surface area (Å²) in [5, 5.41) is 2.86. The first kappa shape index (κ1) is 21.7. The summed E-state index contributed by atoms with van der Waals surface area (Å²) in [6.45, 7) is 9.86. The summed E-state index contributed by atoms with van der Waals surface area (Å²) in [7, 11) is 0. The van der Waals surface area contributed by atoms with Gasteiger partial charge in [0.1, 0.15) is 0 Å². The number of rotatable bonds is 7. The van der Waals surface area contributed by atoms with Crippen molar-refractivity contribution in [3.8, 4) is 0 Å². The van der Waals surface area contributed by atoms with E-state index < -0.39 is 0 Å². The van der Waals surface area contributed by atoms with Crippen LogP contribution in [0.5, 0.6) is 0 Å². The number of amides is 3. The third-order valence-electron chi connectivity index (χ3n) is 4.71. The monoisotopic (exact) mass is 390 g/mol. The van der Waals surface area contributed by atoms with Crippen LogP contribution < -0.4 is 5.32 Å². The fourth-order valence-corrected chi connectivity index (χ4v) is 3.13. The molecular formula is C20H30N4O4. The van der Waals surface area contributed by atoms with Gasteiger partial charge in [-0.05, 0) is 39.0 Å². The number of hydrogen-bond donors (Lipinski definition) is 1. The third-order valence-corrected chi connectivity index (χ3v) is 4.71. The Labute approximate surface area is 166 Å². The van der Waals surface area contributed by atoms with Crippen molar-refractivity contribution in [1.82, 2.24) is 14.7 Å². The van der Waals surface area contributed by atoms with Gasteiger partial charge < -0.3 is 19.9 Å². The average molecular weight is 390 g/mol. The minimum Gasteiger partial charge on any atom is -0.450 e. The number of anilines is 1. The number of ether oxygens (including phenoxy) is 1. The summed E-state index contributed by atoms with van der Waals surface area (Å²) in [5.41, 5.74) is 1.16. The normalized spacial score (nSPS) is 14.5. The molecular weight excluding hydrogens is 360 g/mol. The van der Waals surface area contributed by atoms with Crippen molar-refractivity contribution < 1.29 is 19.1 Å². The van der Waals surface area contributed by atoms with Crippen LogP contribution in [0.25, 0.3) is 0 Å². The van der Waals surface area contributed by atoms with E-state index in [1.165, 1.54) is 0 Å². The Kier molecular flexibility index (Phi) is 8.25. The Hall–Kier alpha value is -2.61. The van der Waals surface area contributed by atoms with Crippen LogP contribution in [0.2, 0.25) is 0 Å². The first-order valence-electron chi connectivity index (χ1n) is 9.81. The van der Waals surface area contributed by atoms with Gasteiger partial charge in [0.05, 0.1) is 13.2 Å². The first-order valence-corrected chi connectivity index (χ1v) is 9.81. The van der Waals surface area contributed by atoms with Crippen LogP contribution in [-0.4, -0.2) is 85.0 Å². The smallest absolute Gasteiger partial charge is 0.409 e. The van der Waals surface area contributed by atoms with Crippen LogP contribution in [0.1, 0.15) is 31.1 Å². The highest BCUT2D eigenvalue weighted by atomic mass is 16.6. The highest BCUT2D eigenvalue weighted by Crippen LogP contribution is 2.13. The van der Waals surface area contributed by atoms with Crippen LogP contribution in [-0.2, 0) is 9.53 Å². The Morgan fingerprint density at radius 3 is 2.36 bits per heavy atom. The van der Waals surface area contributed by atoms with E-state index in [9.17, 15) is 14.4 Å². The summed E-state index contributed by atoms with van der Waals surface area (Å²) in [6, 6.07) is 7.00. The number of nitrogens with one attached hydrogen (secondary N) is 1. The average Bonchev–Trinajstić information content (AvgIpc) is 2.69. The lowest BCUT2D eigenvalue weighted by molar-refractivity contribution is -0.117. The molecule has 154 valence electrons. The molecule has 1 aromatic rings. The molecule has 0 radical (unpaired) electrons. The van der Waals surface area contributed by atoms with Gasteiger partial charge >= 0.3 is 6.09 Å². The van der Waals surface area contributed by atoms with Gasteiger partial charge in [0.2, 0.25) is 5.91 Å². The number of hydrogen-bond acceptors (Lipinski definition) is 5. The van der Waals surface area contributed by atoms with Crippen LogP contribution in [0.3, 0.4) is 0 Å². The molecule has 0 bridgehead atoms. The first-order chi connectivity index (χ1) is 13.5. The SMILES string of the molecule is CCOC(=O)N1CCN(CC(=O)Nc2cccc(C(=O)N(CC)CC)c2)CC1. The molecule has 8 nitrogen and oxygen atoms in total. The van der Waals surface area contributed by atoms with E-state index in [4.69, 9.17) is 4.74 Å². The fourth-order valence-electron chi connectivity index (χ4n) is 3.13. The molecule has 1 saturated heterocycles. The molecule has 1 aliphatic rings. The van der Waals surface area contributed by atoms with Crippen LogP contribution in [0, 0.1) is 0 Å². The molecule has 0 aromatic heterocycles. The number of benzene rings is 1. The van der Waals surface area contributed by atoms with Crippen molar-refractivity contribution in [2.75, 3.05) is 57.7 Å². The predicted octanol–water partition coefficient (Wildman–Crippen LogP) is 1.88. The van der Waals surface area contributed by atoms with Gasteiger partial charge in [0, 0.05) is 50.5 Å². The molecule has 0 atom stereocenters. The maximum atomic E-state index is 12.5. The molecule has 1 N–H and O–H groups in total. The quantitative estimate of drug-likeness (QED) is 0.769. The Morgan fingerprint density at radius 2 is 1.75 bits per heavy atom. The molecule has 0 unspecified atom stereocenters. The number of nitrogens with zero attached hydrogens (tertiary/aromatic N) is 3. The Bertz CT molecular complexity index is 683. The van der Waals surface area contributed by atoms with Gasteiger partial charge in [-0.2, -0.15) is 0 Å². The molecule has 1 aliphatic heterocycles. The van der Waals surface area contributed by atoms with Crippen LogP contribution >= 0.6 is 0 Å². The lowest BCUT2D eigenvalue weighted by atomic mass is 10.1. The lowest BCUT2D eigenvalue weighted by Crippen LogP contribution is -2.50. The maximum Gasteiger partial charge on any atom is 0.409 e. The van der Waals surface area contributed by atoms with Crippen molar-refractivity contribution in [2.45, 2.75) is 20.8 Å². The fraction of sp³-hybridized carbons (Fsp3) is 0.550. The minimum atomic E-state index is -0.304. The second kappa shape index (κ2) is 10.7. The zero-order valence-electron chi connectivity index (χ0n) is 16.9. The van der Waals surface area contributed by atoms with E-state index in [1.807, 2.05) is 18.7 Å². The largest absolute Gasteiger partial charge is 0.450 e. The zero-order chi connectivity index (χ0) is 20.5. The van der Waals surface area contributed by atoms with Crippen molar-refractivity contribution in [3.63, 3.8) is 0 Å². The van der Waals surface area contributed by atoms with Gasteiger partial charge in [-0.25, -0.2) is 4.79 Å². The number of carbonyl (C=O) groups excluding carboxylic acids is 3. The van der Waals surface area contributed by atoms with Crippen LogP contribution in [0.15, 0.2) is 24.3 Å². The number of carbonyl (C=O) groups is 3. The number of piperazine rings is 1. The molecule has 3 amide bonds. The lowest BCUT2D eigenvalue weighted by Gasteiger charge is -2.33. The molecule has 0 saturated carbocycles. The van der Waals surface area contributed by atoms with Crippen molar-refractivity contribution in [3.05, 3.63) is 29.8 Å². The van der Waals surface area contributed by atoms with Gasteiger partial charge in [0.15, 0.2) is 0 Å². The van der Waals surface area contributed by atoms with E-state index in [0.29, 0.717) is 57.1 Å². The second-order valence-electron chi connectivity index (χ2n) is 6.57. The molecule has 0 spiro atoms. The molecule has 2 rings (SSSR count). The Balaban J connectivity index is 1.86.